The van der Waals surface area contributed by atoms with Gasteiger partial charge in [-0.3, -0.25) is 4.79 Å². The van der Waals surface area contributed by atoms with E-state index >= 15 is 0 Å². The Morgan fingerprint density at radius 3 is 2.41 bits per heavy atom. The molecule has 2 fully saturated rings. The quantitative estimate of drug-likeness (QED) is 0.429. The zero-order valence-corrected chi connectivity index (χ0v) is 20.2. The Kier molecular flexibility index (Phi) is 5.84. The van der Waals surface area contributed by atoms with E-state index in [0.29, 0.717) is 22.5 Å². The van der Waals surface area contributed by atoms with Gasteiger partial charge in [-0.2, -0.15) is 0 Å². The van der Waals surface area contributed by atoms with E-state index in [-0.39, 0.29) is 0 Å². The molecule has 2 saturated carbocycles. The van der Waals surface area contributed by atoms with E-state index in [1.54, 1.807) is 0 Å². The highest BCUT2D eigenvalue weighted by Crippen LogP contribution is 2.65. The van der Waals surface area contributed by atoms with Gasteiger partial charge in [0.1, 0.15) is 5.78 Å². The van der Waals surface area contributed by atoms with Gasteiger partial charge < -0.3 is 0 Å². The van der Waals surface area contributed by atoms with Crippen LogP contribution >= 0.6 is 0 Å². The molecule has 4 rings (SSSR count). The third kappa shape index (κ3) is 3.57. The zero-order chi connectivity index (χ0) is 21.0. The first-order valence-corrected chi connectivity index (χ1v) is 12.9. The standard InChI is InChI=1S/C28H46O/c1-18(2)19(3)7-8-20(4)24-11-12-25-23-10-9-21-17-22(29)13-15-27(21,5)26(23)14-16-28(24,25)6/h18-21,24-25H,7-17H2,1-6H3. The maximum absolute atomic E-state index is 12.1. The summed E-state index contributed by atoms with van der Waals surface area (Å²) in [5.74, 6) is 5.47. The summed E-state index contributed by atoms with van der Waals surface area (Å²) in [4.78, 5) is 12.1. The lowest BCUT2D eigenvalue weighted by atomic mass is 9.50. The Morgan fingerprint density at radius 1 is 0.931 bits per heavy atom. The molecule has 29 heavy (non-hydrogen) atoms. The van der Waals surface area contributed by atoms with E-state index in [1.165, 1.54) is 51.4 Å². The van der Waals surface area contributed by atoms with E-state index in [9.17, 15) is 4.79 Å². The fourth-order valence-electron chi connectivity index (χ4n) is 8.29. The van der Waals surface area contributed by atoms with Crippen LogP contribution in [0.1, 0.15) is 112 Å². The van der Waals surface area contributed by atoms with Gasteiger partial charge in [0.05, 0.1) is 0 Å². The van der Waals surface area contributed by atoms with Crippen molar-refractivity contribution in [3.8, 4) is 0 Å². The minimum absolute atomic E-state index is 0.346. The van der Waals surface area contributed by atoms with Crippen LogP contribution in [0, 0.1) is 46.3 Å². The first-order chi connectivity index (χ1) is 13.7. The molecular weight excluding hydrogens is 352 g/mol. The highest BCUT2D eigenvalue weighted by Gasteiger charge is 2.55. The summed E-state index contributed by atoms with van der Waals surface area (Å²) in [6, 6.07) is 0. The molecule has 0 aromatic heterocycles. The molecule has 4 aliphatic carbocycles. The van der Waals surface area contributed by atoms with Crippen molar-refractivity contribution in [1.82, 2.24) is 0 Å². The third-order valence-corrected chi connectivity index (χ3v) is 10.8. The predicted octanol–water partition coefficient (Wildman–Crippen LogP) is 7.99. The summed E-state index contributed by atoms with van der Waals surface area (Å²) in [6.45, 7) is 15.0. The fraction of sp³-hybridized carbons (Fsp3) is 0.893. The topological polar surface area (TPSA) is 17.1 Å². The second kappa shape index (κ2) is 7.83. The van der Waals surface area contributed by atoms with Crippen molar-refractivity contribution in [2.24, 2.45) is 46.3 Å². The minimum atomic E-state index is 0.346. The van der Waals surface area contributed by atoms with Gasteiger partial charge in [0.15, 0.2) is 0 Å². The molecule has 0 aliphatic heterocycles. The van der Waals surface area contributed by atoms with Gasteiger partial charge in [0, 0.05) is 12.8 Å². The van der Waals surface area contributed by atoms with Gasteiger partial charge in [-0.1, -0.05) is 65.5 Å². The summed E-state index contributed by atoms with van der Waals surface area (Å²) < 4.78 is 0. The zero-order valence-electron chi connectivity index (χ0n) is 20.2. The molecule has 0 bridgehead atoms. The maximum atomic E-state index is 12.1. The van der Waals surface area contributed by atoms with Gasteiger partial charge in [0.2, 0.25) is 0 Å². The minimum Gasteiger partial charge on any atom is -0.300 e. The molecule has 4 aliphatic rings. The monoisotopic (exact) mass is 398 g/mol. The van der Waals surface area contributed by atoms with Crippen LogP contribution in [0.25, 0.3) is 0 Å². The van der Waals surface area contributed by atoms with Crippen LogP contribution in [0.15, 0.2) is 11.1 Å². The van der Waals surface area contributed by atoms with Crippen molar-refractivity contribution in [2.45, 2.75) is 112 Å². The Bertz CT molecular complexity index is 672. The van der Waals surface area contributed by atoms with Gasteiger partial charge in [0.25, 0.3) is 0 Å². The third-order valence-electron chi connectivity index (χ3n) is 10.8. The van der Waals surface area contributed by atoms with Crippen molar-refractivity contribution in [3.05, 3.63) is 11.1 Å². The van der Waals surface area contributed by atoms with Crippen molar-refractivity contribution in [3.63, 3.8) is 0 Å². The lowest BCUT2D eigenvalue weighted by Crippen LogP contribution is -2.45. The molecule has 0 amide bonds. The summed E-state index contributed by atoms with van der Waals surface area (Å²) >= 11 is 0. The van der Waals surface area contributed by atoms with Crippen molar-refractivity contribution < 1.29 is 4.79 Å². The Balaban J connectivity index is 1.53. The average Bonchev–Trinajstić information content (AvgIpc) is 3.03. The molecule has 164 valence electrons. The van der Waals surface area contributed by atoms with Crippen LogP contribution < -0.4 is 0 Å². The number of hydrogen-bond donors (Lipinski definition) is 0. The van der Waals surface area contributed by atoms with Crippen LogP contribution in [0.3, 0.4) is 0 Å². The molecular formula is C28H46O. The Labute approximate surface area is 180 Å². The van der Waals surface area contributed by atoms with E-state index in [2.05, 4.69) is 41.5 Å². The van der Waals surface area contributed by atoms with Crippen LogP contribution in [0.2, 0.25) is 0 Å². The summed E-state index contributed by atoms with van der Waals surface area (Å²) in [7, 11) is 0. The van der Waals surface area contributed by atoms with Crippen molar-refractivity contribution in [1.29, 1.82) is 0 Å². The Hall–Kier alpha value is -0.590. The number of rotatable bonds is 5. The summed E-state index contributed by atoms with van der Waals surface area (Å²) in [5, 5.41) is 0. The second-order valence-corrected chi connectivity index (χ2v) is 12.4. The first-order valence-electron chi connectivity index (χ1n) is 12.9. The SMILES string of the molecule is CC(C)C(C)CCC(C)C1CCC2C3=C(CCC21C)C1(C)CCC(=O)CC1CC3. The smallest absolute Gasteiger partial charge is 0.133 e. The number of ketones is 1. The molecule has 7 unspecified atom stereocenters. The van der Waals surface area contributed by atoms with Gasteiger partial charge in [-0.15, -0.1) is 0 Å². The summed E-state index contributed by atoms with van der Waals surface area (Å²) in [5.41, 5.74) is 4.61. The second-order valence-electron chi connectivity index (χ2n) is 12.4. The number of allylic oxidation sites excluding steroid dienone is 2. The molecule has 0 aromatic carbocycles. The Morgan fingerprint density at radius 2 is 1.69 bits per heavy atom. The van der Waals surface area contributed by atoms with E-state index in [0.717, 1.165) is 48.9 Å². The number of carbonyl (C=O) groups is 1. The molecule has 0 spiro atoms. The number of hydrogen-bond acceptors (Lipinski definition) is 1. The van der Waals surface area contributed by atoms with Crippen molar-refractivity contribution >= 4 is 5.78 Å². The first kappa shape index (κ1) is 21.6. The van der Waals surface area contributed by atoms with Crippen LogP contribution in [0.4, 0.5) is 0 Å². The van der Waals surface area contributed by atoms with E-state index in [1.807, 2.05) is 11.1 Å². The van der Waals surface area contributed by atoms with Crippen LogP contribution in [0.5, 0.6) is 0 Å². The van der Waals surface area contributed by atoms with Crippen molar-refractivity contribution in [2.75, 3.05) is 0 Å². The predicted molar refractivity (Wildman–Crippen MR) is 123 cm³/mol. The number of fused-ring (bicyclic) bond motifs is 4. The molecule has 0 radical (unpaired) electrons. The van der Waals surface area contributed by atoms with Gasteiger partial charge in [-0.25, -0.2) is 0 Å². The van der Waals surface area contributed by atoms with E-state index < -0.39 is 0 Å². The number of Topliss-reactive ketones (excluding diaryl/α,β-unsaturated/α-hetero) is 1. The average molecular weight is 399 g/mol. The van der Waals surface area contributed by atoms with Crippen LogP contribution in [-0.2, 0) is 4.79 Å². The molecule has 0 N–H and O–H groups in total. The van der Waals surface area contributed by atoms with Gasteiger partial charge in [-0.05, 0) is 91.3 Å². The van der Waals surface area contributed by atoms with Gasteiger partial charge >= 0.3 is 0 Å². The maximum Gasteiger partial charge on any atom is 0.133 e. The highest BCUT2D eigenvalue weighted by atomic mass is 16.1. The number of carbonyl (C=O) groups excluding carboxylic acids is 1. The molecule has 7 atom stereocenters. The molecule has 0 heterocycles. The molecule has 0 saturated heterocycles. The highest BCUT2D eigenvalue weighted by molar-refractivity contribution is 5.80. The normalized spacial score (nSPS) is 41.8. The lowest BCUT2D eigenvalue weighted by Gasteiger charge is -2.54. The molecule has 1 heteroatoms. The molecule has 1 nitrogen and oxygen atoms in total. The van der Waals surface area contributed by atoms with Crippen LogP contribution in [-0.4, -0.2) is 5.78 Å². The molecule has 0 aromatic rings. The largest absolute Gasteiger partial charge is 0.300 e. The summed E-state index contributed by atoms with van der Waals surface area (Å²) in [6.07, 6.45) is 13.8. The van der Waals surface area contributed by atoms with E-state index in [4.69, 9.17) is 0 Å². The lowest BCUT2D eigenvalue weighted by molar-refractivity contribution is -0.124. The fourth-order valence-corrected chi connectivity index (χ4v) is 8.29.